The summed E-state index contributed by atoms with van der Waals surface area (Å²) in [4.78, 5) is 4.16. The fraction of sp³-hybridized carbons (Fsp3) is 0.400. The van der Waals surface area contributed by atoms with Crippen LogP contribution in [-0.4, -0.2) is 28.8 Å². The summed E-state index contributed by atoms with van der Waals surface area (Å²) >= 11 is 0. The molecule has 0 saturated heterocycles. The highest BCUT2D eigenvalue weighted by Gasteiger charge is 2.20. The molecule has 0 spiro atoms. The van der Waals surface area contributed by atoms with E-state index in [0.717, 1.165) is 31.1 Å². The van der Waals surface area contributed by atoms with Gasteiger partial charge < -0.3 is 19.4 Å². The van der Waals surface area contributed by atoms with Gasteiger partial charge in [0.15, 0.2) is 11.5 Å². The van der Waals surface area contributed by atoms with Crippen LogP contribution in [0, 0.1) is 0 Å². The highest BCUT2D eigenvalue weighted by molar-refractivity contribution is 5.40. The fourth-order valence-corrected chi connectivity index (χ4v) is 2.30. The van der Waals surface area contributed by atoms with E-state index in [1.54, 1.807) is 0 Å². The number of imidazole rings is 1. The molecule has 1 aromatic carbocycles. The minimum Gasteiger partial charge on any atom is -0.486 e. The van der Waals surface area contributed by atoms with Crippen LogP contribution in [0.25, 0.3) is 0 Å². The highest BCUT2D eigenvalue weighted by Crippen LogP contribution is 2.30. The Bertz CT molecular complexity index is 568. The second kappa shape index (κ2) is 5.96. The lowest BCUT2D eigenvalue weighted by Crippen LogP contribution is -2.38. The number of para-hydroxylation sites is 2. The van der Waals surface area contributed by atoms with Crippen LogP contribution in [0.15, 0.2) is 36.8 Å². The van der Waals surface area contributed by atoms with Crippen LogP contribution in [0.3, 0.4) is 0 Å². The first kappa shape index (κ1) is 13.0. The van der Waals surface area contributed by atoms with Gasteiger partial charge in [-0.3, -0.25) is 0 Å². The third-order valence-electron chi connectivity index (χ3n) is 3.38. The number of benzene rings is 1. The van der Waals surface area contributed by atoms with Crippen LogP contribution in [-0.2, 0) is 13.1 Å². The lowest BCUT2D eigenvalue weighted by atomic mass is 10.2. The Labute approximate surface area is 118 Å². The molecule has 1 N–H and O–H groups in total. The van der Waals surface area contributed by atoms with Crippen molar-refractivity contribution in [3.63, 3.8) is 0 Å². The molecule has 20 heavy (non-hydrogen) atoms. The molecule has 0 radical (unpaired) electrons. The van der Waals surface area contributed by atoms with Gasteiger partial charge in [-0.2, -0.15) is 0 Å². The Balaban J connectivity index is 1.51. The first-order valence-corrected chi connectivity index (χ1v) is 6.95. The summed E-state index contributed by atoms with van der Waals surface area (Å²) in [7, 11) is 0. The number of ether oxygens (including phenoxy) is 2. The van der Waals surface area contributed by atoms with Crippen molar-refractivity contribution < 1.29 is 9.47 Å². The minimum atomic E-state index is 0.0443. The van der Waals surface area contributed by atoms with Gasteiger partial charge in [-0.15, -0.1) is 0 Å². The van der Waals surface area contributed by atoms with Crippen molar-refractivity contribution in [3.05, 3.63) is 42.5 Å². The SMILES string of the molecule is CCn1cncc1CNCC1COc2ccccc2O1. The number of aryl methyl sites for hydroxylation is 1. The molecule has 0 saturated carbocycles. The molecular weight excluding hydrogens is 254 g/mol. The molecule has 0 aliphatic carbocycles. The summed E-state index contributed by atoms with van der Waals surface area (Å²) < 4.78 is 13.7. The third kappa shape index (κ3) is 2.77. The largest absolute Gasteiger partial charge is 0.486 e. The Morgan fingerprint density at radius 3 is 3.05 bits per heavy atom. The first-order chi connectivity index (χ1) is 9.86. The number of nitrogens with one attached hydrogen (secondary N) is 1. The molecule has 1 aromatic heterocycles. The summed E-state index contributed by atoms with van der Waals surface area (Å²) in [6, 6.07) is 7.77. The van der Waals surface area contributed by atoms with Crippen molar-refractivity contribution in [2.24, 2.45) is 0 Å². The predicted molar refractivity (Wildman–Crippen MR) is 76.0 cm³/mol. The van der Waals surface area contributed by atoms with E-state index in [1.807, 2.05) is 36.8 Å². The Morgan fingerprint density at radius 2 is 2.20 bits per heavy atom. The quantitative estimate of drug-likeness (QED) is 0.903. The van der Waals surface area contributed by atoms with Crippen LogP contribution in [0.5, 0.6) is 11.5 Å². The van der Waals surface area contributed by atoms with Gasteiger partial charge in [0.2, 0.25) is 0 Å². The van der Waals surface area contributed by atoms with Crippen LogP contribution in [0.2, 0.25) is 0 Å². The van der Waals surface area contributed by atoms with E-state index in [4.69, 9.17) is 9.47 Å². The lowest BCUT2D eigenvalue weighted by molar-refractivity contribution is 0.0901. The van der Waals surface area contributed by atoms with E-state index in [0.29, 0.717) is 6.61 Å². The topological polar surface area (TPSA) is 48.3 Å². The van der Waals surface area contributed by atoms with Gasteiger partial charge >= 0.3 is 0 Å². The lowest BCUT2D eigenvalue weighted by Gasteiger charge is -2.26. The van der Waals surface area contributed by atoms with E-state index in [9.17, 15) is 0 Å². The number of nitrogens with zero attached hydrogens (tertiary/aromatic N) is 2. The third-order valence-corrected chi connectivity index (χ3v) is 3.38. The maximum Gasteiger partial charge on any atom is 0.161 e. The average molecular weight is 273 g/mol. The van der Waals surface area contributed by atoms with Crippen LogP contribution in [0.1, 0.15) is 12.6 Å². The summed E-state index contributed by atoms with van der Waals surface area (Å²) in [5, 5.41) is 3.40. The summed E-state index contributed by atoms with van der Waals surface area (Å²) in [6.45, 7) is 5.17. The molecule has 2 aromatic rings. The van der Waals surface area contributed by atoms with Crippen molar-refractivity contribution in [1.29, 1.82) is 0 Å². The molecule has 1 atom stereocenters. The van der Waals surface area contributed by atoms with Crippen molar-refractivity contribution in [2.75, 3.05) is 13.2 Å². The normalized spacial score (nSPS) is 17.1. The number of rotatable bonds is 5. The maximum absolute atomic E-state index is 5.90. The van der Waals surface area contributed by atoms with E-state index in [2.05, 4.69) is 21.8 Å². The van der Waals surface area contributed by atoms with E-state index in [-0.39, 0.29) is 6.10 Å². The Hall–Kier alpha value is -2.01. The smallest absolute Gasteiger partial charge is 0.161 e. The molecule has 5 nitrogen and oxygen atoms in total. The van der Waals surface area contributed by atoms with Gasteiger partial charge in [0, 0.05) is 25.8 Å². The number of hydrogen-bond acceptors (Lipinski definition) is 4. The summed E-state index contributed by atoms with van der Waals surface area (Å²) in [6.07, 6.45) is 3.79. The van der Waals surface area contributed by atoms with E-state index in [1.165, 1.54) is 5.69 Å². The van der Waals surface area contributed by atoms with Crippen molar-refractivity contribution in [1.82, 2.24) is 14.9 Å². The molecule has 5 heteroatoms. The van der Waals surface area contributed by atoms with Crippen LogP contribution >= 0.6 is 0 Å². The molecule has 1 unspecified atom stereocenters. The highest BCUT2D eigenvalue weighted by atomic mass is 16.6. The molecule has 0 amide bonds. The standard InChI is InChI=1S/C15H19N3O2/c1-2-18-11-17-8-12(18)7-16-9-13-10-19-14-5-3-4-6-15(14)20-13/h3-6,8,11,13,16H,2,7,9-10H2,1H3. The fourth-order valence-electron chi connectivity index (χ4n) is 2.30. The predicted octanol–water partition coefficient (Wildman–Crippen LogP) is 1.83. The second-order valence-corrected chi connectivity index (χ2v) is 4.80. The second-order valence-electron chi connectivity index (χ2n) is 4.80. The van der Waals surface area contributed by atoms with Crippen molar-refractivity contribution in [3.8, 4) is 11.5 Å². The monoisotopic (exact) mass is 273 g/mol. The van der Waals surface area contributed by atoms with Gasteiger partial charge in [0.05, 0.1) is 12.0 Å². The average Bonchev–Trinajstić information content (AvgIpc) is 2.95. The van der Waals surface area contributed by atoms with Crippen molar-refractivity contribution in [2.45, 2.75) is 26.1 Å². The molecule has 3 rings (SSSR count). The van der Waals surface area contributed by atoms with Gasteiger partial charge in [-0.1, -0.05) is 12.1 Å². The molecule has 0 bridgehead atoms. The van der Waals surface area contributed by atoms with Gasteiger partial charge in [-0.05, 0) is 19.1 Å². The molecule has 1 aliphatic rings. The number of aromatic nitrogens is 2. The molecule has 0 fully saturated rings. The van der Waals surface area contributed by atoms with Crippen LogP contribution in [0.4, 0.5) is 0 Å². The molecule has 1 aliphatic heterocycles. The van der Waals surface area contributed by atoms with E-state index >= 15 is 0 Å². The zero-order valence-corrected chi connectivity index (χ0v) is 11.6. The van der Waals surface area contributed by atoms with Crippen molar-refractivity contribution >= 4 is 0 Å². The summed E-state index contributed by atoms with van der Waals surface area (Å²) in [5.74, 6) is 1.65. The van der Waals surface area contributed by atoms with Gasteiger partial charge in [0.25, 0.3) is 0 Å². The minimum absolute atomic E-state index is 0.0443. The first-order valence-electron chi connectivity index (χ1n) is 6.95. The molecular formula is C15H19N3O2. The Kier molecular flexibility index (Phi) is 3.87. The maximum atomic E-state index is 5.90. The number of fused-ring (bicyclic) bond motifs is 1. The van der Waals surface area contributed by atoms with Gasteiger partial charge in [-0.25, -0.2) is 4.98 Å². The van der Waals surface area contributed by atoms with Crippen LogP contribution < -0.4 is 14.8 Å². The Morgan fingerprint density at radius 1 is 1.35 bits per heavy atom. The molecule has 106 valence electrons. The zero-order valence-electron chi connectivity index (χ0n) is 11.6. The summed E-state index contributed by atoms with van der Waals surface area (Å²) in [5.41, 5.74) is 1.18. The zero-order chi connectivity index (χ0) is 13.8. The molecule has 2 heterocycles. The van der Waals surface area contributed by atoms with E-state index < -0.39 is 0 Å². The van der Waals surface area contributed by atoms with Gasteiger partial charge in [0.1, 0.15) is 12.7 Å². The number of hydrogen-bond donors (Lipinski definition) is 1.